The van der Waals surface area contributed by atoms with Crippen LogP contribution in [0.4, 0.5) is 0 Å². The third kappa shape index (κ3) is 3.72. The van der Waals surface area contributed by atoms with E-state index in [1.807, 2.05) is 0 Å². The molecule has 0 nitrogen and oxygen atoms in total. The van der Waals surface area contributed by atoms with Crippen molar-refractivity contribution in [2.24, 2.45) is 0 Å². The Labute approximate surface area is 123 Å². The highest BCUT2D eigenvalue weighted by atomic mass is 14.2. The molecule has 0 aliphatic rings. The molecule has 20 heavy (non-hydrogen) atoms. The van der Waals surface area contributed by atoms with E-state index in [1.54, 1.807) is 0 Å². The molecule has 0 spiro atoms. The van der Waals surface area contributed by atoms with E-state index in [-0.39, 0.29) is 0 Å². The van der Waals surface area contributed by atoms with E-state index in [2.05, 4.69) is 68.4 Å². The lowest BCUT2D eigenvalue weighted by atomic mass is 9.85. The summed E-state index contributed by atoms with van der Waals surface area (Å²) in [6.07, 6.45) is 6.48. The fourth-order valence-corrected chi connectivity index (χ4v) is 2.99. The Kier molecular flexibility index (Phi) is 5.86. The number of hydrogen-bond acceptors (Lipinski definition) is 0. The van der Waals surface area contributed by atoms with Gasteiger partial charge in [-0.15, -0.1) is 0 Å². The van der Waals surface area contributed by atoms with Gasteiger partial charge < -0.3 is 0 Å². The Morgan fingerprint density at radius 2 is 1.45 bits per heavy atom. The second-order valence-electron chi connectivity index (χ2n) is 5.58. The number of rotatable bonds is 7. The van der Waals surface area contributed by atoms with Gasteiger partial charge in [-0.2, -0.15) is 0 Å². The van der Waals surface area contributed by atoms with Gasteiger partial charge in [-0.1, -0.05) is 87.7 Å². The van der Waals surface area contributed by atoms with Crippen LogP contribution in [0.3, 0.4) is 0 Å². The molecule has 2 aromatic carbocycles. The molecule has 0 heterocycles. The molecule has 0 radical (unpaired) electrons. The lowest BCUT2D eigenvalue weighted by Gasteiger charge is -2.20. The molecular formula is C20H26. The lowest BCUT2D eigenvalue weighted by Crippen LogP contribution is -2.01. The fourth-order valence-electron chi connectivity index (χ4n) is 2.99. The lowest BCUT2D eigenvalue weighted by molar-refractivity contribution is 0.542. The van der Waals surface area contributed by atoms with Crippen molar-refractivity contribution in [3.63, 3.8) is 0 Å². The molecule has 0 aliphatic heterocycles. The van der Waals surface area contributed by atoms with E-state index in [0.717, 1.165) is 0 Å². The summed E-state index contributed by atoms with van der Waals surface area (Å²) in [4.78, 5) is 0. The van der Waals surface area contributed by atoms with Crippen molar-refractivity contribution in [1.82, 2.24) is 0 Å². The second kappa shape index (κ2) is 7.89. The molecule has 0 aromatic heterocycles. The molecule has 0 bridgehead atoms. The average Bonchev–Trinajstić information content (AvgIpc) is 2.52. The SMILES string of the molecule is CCCCC(CCC)c1ccccc1-c1ccccc1. The highest BCUT2D eigenvalue weighted by molar-refractivity contribution is 5.67. The average molecular weight is 266 g/mol. The summed E-state index contributed by atoms with van der Waals surface area (Å²) in [6, 6.07) is 19.8. The maximum atomic E-state index is 2.33. The Morgan fingerprint density at radius 1 is 0.750 bits per heavy atom. The molecule has 0 N–H and O–H groups in total. The van der Waals surface area contributed by atoms with Crippen LogP contribution in [-0.2, 0) is 0 Å². The largest absolute Gasteiger partial charge is 0.0654 e. The van der Waals surface area contributed by atoms with E-state index in [0.29, 0.717) is 5.92 Å². The molecule has 2 rings (SSSR count). The molecule has 0 heteroatoms. The molecule has 0 fully saturated rings. The van der Waals surface area contributed by atoms with Crippen molar-refractivity contribution in [3.8, 4) is 11.1 Å². The number of unbranched alkanes of at least 4 members (excludes halogenated alkanes) is 1. The van der Waals surface area contributed by atoms with Gasteiger partial charge in [0, 0.05) is 0 Å². The molecule has 1 atom stereocenters. The quantitative estimate of drug-likeness (QED) is 0.542. The van der Waals surface area contributed by atoms with Crippen molar-refractivity contribution >= 4 is 0 Å². The van der Waals surface area contributed by atoms with Crippen LogP contribution in [0.2, 0.25) is 0 Å². The van der Waals surface area contributed by atoms with Crippen LogP contribution in [0.25, 0.3) is 11.1 Å². The highest BCUT2D eigenvalue weighted by Gasteiger charge is 2.14. The maximum Gasteiger partial charge on any atom is -0.0149 e. The van der Waals surface area contributed by atoms with E-state index in [9.17, 15) is 0 Å². The third-order valence-corrected chi connectivity index (χ3v) is 4.03. The summed E-state index contributed by atoms with van der Waals surface area (Å²) >= 11 is 0. The summed E-state index contributed by atoms with van der Waals surface area (Å²) < 4.78 is 0. The summed E-state index contributed by atoms with van der Waals surface area (Å²) in [6.45, 7) is 4.58. The summed E-state index contributed by atoms with van der Waals surface area (Å²) in [5.41, 5.74) is 4.30. The first-order valence-electron chi connectivity index (χ1n) is 8.01. The molecule has 0 saturated carbocycles. The highest BCUT2D eigenvalue weighted by Crippen LogP contribution is 2.34. The van der Waals surface area contributed by atoms with Gasteiger partial charge in [0.1, 0.15) is 0 Å². The number of benzene rings is 2. The standard InChI is InChI=1S/C20H26/c1-3-5-12-17(11-4-2)19-15-9-10-16-20(19)18-13-7-6-8-14-18/h6-10,13-17H,3-5,11-12H2,1-2H3. The van der Waals surface area contributed by atoms with Crippen LogP contribution in [0.5, 0.6) is 0 Å². The van der Waals surface area contributed by atoms with Gasteiger partial charge in [0.15, 0.2) is 0 Å². The first-order valence-corrected chi connectivity index (χ1v) is 8.01. The van der Waals surface area contributed by atoms with Crippen LogP contribution >= 0.6 is 0 Å². The monoisotopic (exact) mass is 266 g/mol. The number of hydrogen-bond donors (Lipinski definition) is 0. The molecule has 0 saturated heterocycles. The molecule has 106 valence electrons. The van der Waals surface area contributed by atoms with Gasteiger partial charge in [0.2, 0.25) is 0 Å². The smallest absolute Gasteiger partial charge is 0.0149 e. The predicted octanol–water partition coefficient (Wildman–Crippen LogP) is 6.43. The summed E-state index contributed by atoms with van der Waals surface area (Å²) in [7, 11) is 0. The van der Waals surface area contributed by atoms with Crippen molar-refractivity contribution in [1.29, 1.82) is 0 Å². The fraction of sp³-hybridized carbons (Fsp3) is 0.400. The van der Waals surface area contributed by atoms with Gasteiger partial charge >= 0.3 is 0 Å². The van der Waals surface area contributed by atoms with Crippen molar-refractivity contribution in [2.75, 3.05) is 0 Å². The Morgan fingerprint density at radius 3 is 2.15 bits per heavy atom. The van der Waals surface area contributed by atoms with Crippen molar-refractivity contribution < 1.29 is 0 Å². The van der Waals surface area contributed by atoms with Gasteiger partial charge in [-0.05, 0) is 35.4 Å². The topological polar surface area (TPSA) is 0 Å². The Bertz CT molecular complexity index is 498. The van der Waals surface area contributed by atoms with Crippen molar-refractivity contribution in [3.05, 3.63) is 60.2 Å². The minimum Gasteiger partial charge on any atom is -0.0654 e. The van der Waals surface area contributed by atoms with E-state index < -0.39 is 0 Å². The second-order valence-corrected chi connectivity index (χ2v) is 5.58. The van der Waals surface area contributed by atoms with Crippen LogP contribution in [0.1, 0.15) is 57.4 Å². The summed E-state index contributed by atoms with van der Waals surface area (Å²) in [5.74, 6) is 0.705. The van der Waals surface area contributed by atoms with Gasteiger partial charge in [-0.3, -0.25) is 0 Å². The minimum atomic E-state index is 0.705. The van der Waals surface area contributed by atoms with E-state index >= 15 is 0 Å². The van der Waals surface area contributed by atoms with Crippen LogP contribution in [0, 0.1) is 0 Å². The zero-order chi connectivity index (χ0) is 14.2. The van der Waals surface area contributed by atoms with E-state index in [1.165, 1.54) is 48.8 Å². The van der Waals surface area contributed by atoms with E-state index in [4.69, 9.17) is 0 Å². The minimum absolute atomic E-state index is 0.705. The summed E-state index contributed by atoms with van der Waals surface area (Å²) in [5, 5.41) is 0. The van der Waals surface area contributed by atoms with Gasteiger partial charge in [0.25, 0.3) is 0 Å². The van der Waals surface area contributed by atoms with Gasteiger partial charge in [0.05, 0.1) is 0 Å². The van der Waals surface area contributed by atoms with Gasteiger partial charge in [-0.25, -0.2) is 0 Å². The molecule has 2 aromatic rings. The van der Waals surface area contributed by atoms with Crippen molar-refractivity contribution in [2.45, 2.75) is 51.9 Å². The molecule has 1 unspecified atom stereocenters. The normalized spacial score (nSPS) is 12.3. The zero-order valence-electron chi connectivity index (χ0n) is 12.8. The molecule has 0 amide bonds. The maximum absolute atomic E-state index is 2.33. The van der Waals surface area contributed by atoms with Crippen LogP contribution in [-0.4, -0.2) is 0 Å². The zero-order valence-corrected chi connectivity index (χ0v) is 12.8. The predicted molar refractivity (Wildman–Crippen MR) is 89.1 cm³/mol. The van der Waals surface area contributed by atoms with Crippen LogP contribution < -0.4 is 0 Å². The molecule has 0 aliphatic carbocycles. The third-order valence-electron chi connectivity index (χ3n) is 4.03. The molecular weight excluding hydrogens is 240 g/mol. The first kappa shape index (κ1) is 14.8. The first-order chi connectivity index (χ1) is 9.86. The Balaban J connectivity index is 2.34. The van der Waals surface area contributed by atoms with Crippen LogP contribution in [0.15, 0.2) is 54.6 Å². The Hall–Kier alpha value is -1.56.